The molecule has 0 aliphatic carbocycles. The number of carbonyl (C=O) groups is 1. The van der Waals surface area contributed by atoms with Crippen LogP contribution in [0.2, 0.25) is 0 Å². The predicted octanol–water partition coefficient (Wildman–Crippen LogP) is 3.06. The van der Waals surface area contributed by atoms with Crippen LogP contribution in [0.15, 0.2) is 69.0 Å². The van der Waals surface area contributed by atoms with Gasteiger partial charge in [0.25, 0.3) is 5.91 Å². The molecule has 1 amide bonds. The second-order valence-corrected chi connectivity index (χ2v) is 5.84. The van der Waals surface area contributed by atoms with Crippen molar-refractivity contribution in [1.29, 1.82) is 0 Å². The number of amides is 1. The molecule has 0 radical (unpaired) electrons. The van der Waals surface area contributed by atoms with E-state index in [4.69, 9.17) is 9.25 Å². The standard InChI is InChI=1S/C19H13FN2O4/c20-13-3-1-2-11(8-13)15-10-17(26-22-15)19(24)21-14-5-6-16-12(9-14)4-7-18(23)25-16/h1-9,17H,10H2,(H,21,24)/t17-/m1/s1. The van der Waals surface area contributed by atoms with Gasteiger partial charge in [-0.2, -0.15) is 0 Å². The van der Waals surface area contributed by atoms with E-state index in [0.29, 0.717) is 27.9 Å². The maximum absolute atomic E-state index is 13.3. The largest absolute Gasteiger partial charge is 0.423 e. The SMILES string of the molecule is O=C(Nc1ccc2oc(=O)ccc2c1)[C@H]1CC(c2cccc(F)c2)=NO1. The minimum absolute atomic E-state index is 0.248. The maximum Gasteiger partial charge on any atom is 0.336 e. The first-order chi connectivity index (χ1) is 12.6. The summed E-state index contributed by atoms with van der Waals surface area (Å²) in [6.07, 6.45) is -0.546. The van der Waals surface area contributed by atoms with Crippen LogP contribution in [0.3, 0.4) is 0 Å². The third-order valence-corrected chi connectivity index (χ3v) is 4.01. The van der Waals surface area contributed by atoms with E-state index in [2.05, 4.69) is 10.5 Å². The second kappa shape index (κ2) is 6.44. The number of rotatable bonds is 3. The molecule has 1 aliphatic heterocycles. The van der Waals surface area contributed by atoms with Gasteiger partial charge in [0.15, 0.2) is 0 Å². The van der Waals surface area contributed by atoms with Gasteiger partial charge in [0.2, 0.25) is 6.10 Å². The van der Waals surface area contributed by atoms with Crippen LogP contribution in [0, 0.1) is 5.82 Å². The highest BCUT2D eigenvalue weighted by atomic mass is 19.1. The van der Waals surface area contributed by atoms with Crippen molar-refractivity contribution in [3.8, 4) is 0 Å². The second-order valence-electron chi connectivity index (χ2n) is 5.84. The van der Waals surface area contributed by atoms with Gasteiger partial charge in [-0.1, -0.05) is 17.3 Å². The van der Waals surface area contributed by atoms with E-state index >= 15 is 0 Å². The van der Waals surface area contributed by atoms with Crippen LogP contribution in [0.4, 0.5) is 10.1 Å². The Balaban J connectivity index is 1.46. The normalized spacial score (nSPS) is 16.2. The zero-order chi connectivity index (χ0) is 18.1. The van der Waals surface area contributed by atoms with E-state index in [1.54, 1.807) is 36.4 Å². The summed E-state index contributed by atoms with van der Waals surface area (Å²) in [6.45, 7) is 0. The molecule has 1 aromatic heterocycles. The molecular weight excluding hydrogens is 339 g/mol. The molecule has 0 unspecified atom stereocenters. The van der Waals surface area contributed by atoms with Crippen LogP contribution in [0.25, 0.3) is 11.0 Å². The minimum atomic E-state index is -0.794. The summed E-state index contributed by atoms with van der Waals surface area (Å²) in [7, 11) is 0. The van der Waals surface area contributed by atoms with Crippen LogP contribution < -0.4 is 10.9 Å². The number of oxime groups is 1. The highest BCUT2D eigenvalue weighted by Crippen LogP contribution is 2.21. The van der Waals surface area contributed by atoms with Crippen molar-refractivity contribution in [2.24, 2.45) is 5.16 Å². The molecule has 0 spiro atoms. The van der Waals surface area contributed by atoms with Gasteiger partial charge >= 0.3 is 5.63 Å². The molecule has 3 aromatic rings. The summed E-state index contributed by atoms with van der Waals surface area (Å²) < 4.78 is 18.4. The van der Waals surface area contributed by atoms with Crippen LogP contribution in [0.1, 0.15) is 12.0 Å². The first-order valence-electron chi connectivity index (χ1n) is 7.92. The predicted molar refractivity (Wildman–Crippen MR) is 93.5 cm³/mol. The van der Waals surface area contributed by atoms with Gasteiger partial charge < -0.3 is 14.6 Å². The molecule has 6 nitrogen and oxygen atoms in total. The number of nitrogens with one attached hydrogen (secondary N) is 1. The molecule has 1 atom stereocenters. The summed E-state index contributed by atoms with van der Waals surface area (Å²) in [5.41, 5.74) is 1.64. The number of benzene rings is 2. The number of anilines is 1. The van der Waals surface area contributed by atoms with Gasteiger partial charge in [-0.05, 0) is 36.4 Å². The van der Waals surface area contributed by atoms with Crippen molar-refractivity contribution in [1.82, 2.24) is 0 Å². The van der Waals surface area contributed by atoms with Crippen molar-refractivity contribution in [2.75, 3.05) is 5.32 Å². The number of halogens is 1. The third kappa shape index (κ3) is 3.19. The molecule has 2 heterocycles. The summed E-state index contributed by atoms with van der Waals surface area (Å²) in [6, 6.07) is 13.8. The van der Waals surface area contributed by atoms with Crippen LogP contribution in [-0.2, 0) is 9.63 Å². The first-order valence-corrected chi connectivity index (χ1v) is 7.92. The van der Waals surface area contributed by atoms with Crippen molar-refractivity contribution < 1.29 is 18.4 Å². The van der Waals surface area contributed by atoms with Crippen LogP contribution in [0.5, 0.6) is 0 Å². The molecule has 2 aromatic carbocycles. The van der Waals surface area contributed by atoms with Gasteiger partial charge in [0.05, 0.1) is 5.71 Å². The number of carbonyl (C=O) groups excluding carboxylic acids is 1. The lowest BCUT2D eigenvalue weighted by Gasteiger charge is -2.10. The molecule has 1 aliphatic rings. The van der Waals surface area contributed by atoms with E-state index in [9.17, 15) is 14.0 Å². The highest BCUT2D eigenvalue weighted by Gasteiger charge is 2.29. The Kier molecular flexibility index (Phi) is 3.96. The number of fused-ring (bicyclic) bond motifs is 1. The van der Waals surface area contributed by atoms with Gasteiger partial charge in [-0.25, -0.2) is 9.18 Å². The first kappa shape index (κ1) is 16.0. The minimum Gasteiger partial charge on any atom is -0.423 e. The average molecular weight is 352 g/mol. The van der Waals surface area contributed by atoms with Crippen molar-refractivity contribution in [3.05, 3.63) is 76.4 Å². The molecule has 26 heavy (non-hydrogen) atoms. The van der Waals surface area contributed by atoms with Gasteiger partial charge in [-0.15, -0.1) is 0 Å². The average Bonchev–Trinajstić information content (AvgIpc) is 3.12. The Morgan fingerprint density at radius 2 is 2.04 bits per heavy atom. The summed E-state index contributed by atoms with van der Waals surface area (Å²) in [5.74, 6) is -0.738. The fourth-order valence-corrected chi connectivity index (χ4v) is 2.73. The molecule has 7 heteroatoms. The smallest absolute Gasteiger partial charge is 0.336 e. The molecule has 0 bridgehead atoms. The molecule has 130 valence electrons. The quantitative estimate of drug-likeness (QED) is 0.735. The van der Waals surface area contributed by atoms with Gasteiger partial charge in [0, 0.05) is 29.1 Å². The Morgan fingerprint density at radius 3 is 2.88 bits per heavy atom. The zero-order valence-corrected chi connectivity index (χ0v) is 13.4. The van der Waals surface area contributed by atoms with Crippen molar-refractivity contribution in [3.63, 3.8) is 0 Å². The summed E-state index contributed by atoms with van der Waals surface area (Å²) in [4.78, 5) is 28.8. The monoisotopic (exact) mass is 352 g/mol. The number of nitrogens with zero attached hydrogens (tertiary/aromatic N) is 1. The summed E-state index contributed by atoms with van der Waals surface area (Å²) >= 11 is 0. The Labute approximate surface area is 146 Å². The highest BCUT2D eigenvalue weighted by molar-refractivity contribution is 6.06. The molecule has 0 saturated carbocycles. The fourth-order valence-electron chi connectivity index (χ4n) is 2.73. The van der Waals surface area contributed by atoms with E-state index in [1.165, 1.54) is 18.2 Å². The van der Waals surface area contributed by atoms with Gasteiger partial charge in [0.1, 0.15) is 11.4 Å². The number of hydrogen-bond donors (Lipinski definition) is 1. The van der Waals surface area contributed by atoms with E-state index in [1.807, 2.05) is 0 Å². The Morgan fingerprint density at radius 1 is 1.15 bits per heavy atom. The Bertz CT molecular complexity index is 1090. The van der Waals surface area contributed by atoms with E-state index in [0.717, 1.165) is 0 Å². The molecule has 0 fully saturated rings. The van der Waals surface area contributed by atoms with Crippen LogP contribution in [-0.4, -0.2) is 17.7 Å². The molecule has 1 N–H and O–H groups in total. The lowest BCUT2D eigenvalue weighted by atomic mass is 10.0. The third-order valence-electron chi connectivity index (χ3n) is 4.01. The Hall–Kier alpha value is -3.48. The lowest BCUT2D eigenvalue weighted by Crippen LogP contribution is -2.28. The van der Waals surface area contributed by atoms with Crippen LogP contribution >= 0.6 is 0 Å². The molecule has 4 rings (SSSR count). The fraction of sp³-hybridized carbons (Fsp3) is 0.105. The van der Waals surface area contributed by atoms with E-state index < -0.39 is 11.7 Å². The van der Waals surface area contributed by atoms with E-state index in [-0.39, 0.29) is 18.1 Å². The van der Waals surface area contributed by atoms with Crippen molar-refractivity contribution in [2.45, 2.75) is 12.5 Å². The van der Waals surface area contributed by atoms with Crippen molar-refractivity contribution >= 4 is 28.3 Å². The maximum atomic E-state index is 13.3. The number of hydrogen-bond acceptors (Lipinski definition) is 5. The zero-order valence-electron chi connectivity index (χ0n) is 13.4. The topological polar surface area (TPSA) is 80.9 Å². The summed E-state index contributed by atoms with van der Waals surface area (Å²) in [5, 5.41) is 7.32. The lowest BCUT2D eigenvalue weighted by molar-refractivity contribution is -0.125. The molecule has 0 saturated heterocycles. The molecular formula is C19H13FN2O4. The van der Waals surface area contributed by atoms with Gasteiger partial charge in [-0.3, -0.25) is 4.79 Å².